The molecule has 0 N–H and O–H groups in total. The van der Waals surface area contributed by atoms with Gasteiger partial charge in [-0.15, -0.1) is 0 Å². The molecule has 1 aromatic carbocycles. The zero-order chi connectivity index (χ0) is 17.2. The normalized spacial score (nSPS) is 10.7. The molecular formula is C17H22ClFO4. The summed E-state index contributed by atoms with van der Waals surface area (Å²) in [7, 11) is 0. The van der Waals surface area contributed by atoms with Gasteiger partial charge in [0, 0.05) is 12.8 Å². The van der Waals surface area contributed by atoms with E-state index < -0.39 is 11.8 Å². The third-order valence-corrected chi connectivity index (χ3v) is 3.83. The number of carbonyl (C=O) groups excluding carboxylic acids is 2. The molecule has 1 aromatic rings. The second-order valence-corrected chi connectivity index (χ2v) is 5.65. The van der Waals surface area contributed by atoms with Gasteiger partial charge in [0.15, 0.2) is 11.6 Å². The summed E-state index contributed by atoms with van der Waals surface area (Å²) in [5, 5.41) is 0.0305. The van der Waals surface area contributed by atoms with Gasteiger partial charge in [0.05, 0.1) is 11.6 Å². The topological polar surface area (TPSA) is 52.6 Å². The van der Waals surface area contributed by atoms with Crippen LogP contribution >= 0.6 is 11.6 Å². The Bertz CT molecular complexity index is 509. The summed E-state index contributed by atoms with van der Waals surface area (Å²) >= 11 is 5.77. The summed E-state index contributed by atoms with van der Waals surface area (Å²) < 4.78 is 23.5. The minimum absolute atomic E-state index is 0.00918. The van der Waals surface area contributed by atoms with Crippen LogP contribution in [-0.2, 0) is 14.3 Å². The lowest BCUT2D eigenvalue weighted by Crippen LogP contribution is -2.14. The molecule has 0 saturated heterocycles. The largest absolute Gasteiger partial charge is 0.465 e. The van der Waals surface area contributed by atoms with E-state index in [1.165, 1.54) is 12.1 Å². The summed E-state index contributed by atoms with van der Waals surface area (Å²) in [5.41, 5.74) is 0. The molecule has 0 saturated carbocycles. The van der Waals surface area contributed by atoms with Crippen LogP contribution < -0.4 is 4.74 Å². The predicted octanol–water partition coefficient (Wildman–Crippen LogP) is 4.53. The lowest BCUT2D eigenvalue weighted by atomic mass is 10.1. The number of rotatable bonds is 9. The van der Waals surface area contributed by atoms with Crippen LogP contribution in [0.1, 0.15) is 46.0 Å². The fourth-order valence-electron chi connectivity index (χ4n) is 1.93. The molecule has 128 valence electrons. The Labute approximate surface area is 140 Å². The zero-order valence-electron chi connectivity index (χ0n) is 13.4. The second-order valence-electron chi connectivity index (χ2n) is 5.24. The molecule has 1 rings (SSSR count). The van der Waals surface area contributed by atoms with E-state index in [4.69, 9.17) is 21.1 Å². The first kappa shape index (κ1) is 19.4. The Kier molecular flexibility index (Phi) is 8.62. The fraction of sp³-hybridized carbons (Fsp3) is 0.529. The summed E-state index contributed by atoms with van der Waals surface area (Å²) in [4.78, 5) is 23.2. The monoisotopic (exact) mass is 344 g/mol. The Morgan fingerprint density at radius 3 is 2.43 bits per heavy atom. The van der Waals surface area contributed by atoms with Crippen LogP contribution in [0.3, 0.4) is 0 Å². The molecule has 0 heterocycles. The number of para-hydroxylation sites is 1. The lowest BCUT2D eigenvalue weighted by molar-refractivity contribution is -0.145. The van der Waals surface area contributed by atoms with Crippen LogP contribution in [0.5, 0.6) is 5.75 Å². The van der Waals surface area contributed by atoms with Crippen LogP contribution in [-0.4, -0.2) is 18.5 Å². The highest BCUT2D eigenvalue weighted by Gasteiger charge is 2.14. The van der Waals surface area contributed by atoms with Crippen molar-refractivity contribution in [1.82, 2.24) is 0 Å². The van der Waals surface area contributed by atoms with Gasteiger partial charge in [-0.1, -0.05) is 44.4 Å². The van der Waals surface area contributed by atoms with Gasteiger partial charge < -0.3 is 9.47 Å². The van der Waals surface area contributed by atoms with Gasteiger partial charge in [0.2, 0.25) is 0 Å². The lowest BCUT2D eigenvalue weighted by Gasteiger charge is -2.12. The molecule has 0 bridgehead atoms. The highest BCUT2D eigenvalue weighted by Crippen LogP contribution is 2.27. The number of esters is 2. The van der Waals surface area contributed by atoms with Crippen molar-refractivity contribution in [3.05, 3.63) is 29.0 Å². The van der Waals surface area contributed by atoms with Gasteiger partial charge in [-0.2, -0.15) is 0 Å². The van der Waals surface area contributed by atoms with Gasteiger partial charge in [-0.05, 0) is 24.5 Å². The standard InChI is InChI=1S/C17H22ClFO4/c1-3-12(4-2)11-22-15(20)9-6-10-16(21)23-17-13(18)7-5-8-14(17)19/h5,7-8,12H,3-4,6,9-11H2,1-2H3. The van der Waals surface area contributed by atoms with Crippen LogP contribution in [0.2, 0.25) is 5.02 Å². The first-order valence-corrected chi connectivity index (χ1v) is 8.16. The molecule has 6 heteroatoms. The Morgan fingerprint density at radius 1 is 1.17 bits per heavy atom. The van der Waals surface area contributed by atoms with Crippen LogP contribution in [0.4, 0.5) is 4.39 Å². The first-order valence-electron chi connectivity index (χ1n) is 7.78. The molecule has 0 radical (unpaired) electrons. The summed E-state index contributed by atoms with van der Waals surface area (Å²) in [6.45, 7) is 4.50. The number of hydrogen-bond acceptors (Lipinski definition) is 4. The average Bonchev–Trinajstić information content (AvgIpc) is 2.52. The summed E-state index contributed by atoms with van der Waals surface area (Å²) in [6, 6.07) is 4.01. The third kappa shape index (κ3) is 6.99. The van der Waals surface area contributed by atoms with Crippen LogP contribution in [0, 0.1) is 11.7 Å². The molecule has 0 atom stereocenters. The van der Waals surface area contributed by atoms with Crippen molar-refractivity contribution in [1.29, 1.82) is 0 Å². The molecule has 0 spiro atoms. The number of carbonyl (C=O) groups is 2. The van der Waals surface area contributed by atoms with Gasteiger partial charge >= 0.3 is 11.9 Å². The van der Waals surface area contributed by atoms with Gasteiger partial charge in [-0.3, -0.25) is 9.59 Å². The smallest absolute Gasteiger partial charge is 0.311 e. The highest BCUT2D eigenvalue weighted by molar-refractivity contribution is 6.32. The van der Waals surface area contributed by atoms with E-state index in [1.807, 2.05) is 13.8 Å². The maximum atomic E-state index is 13.5. The number of hydrogen-bond donors (Lipinski definition) is 0. The Morgan fingerprint density at radius 2 is 1.83 bits per heavy atom. The van der Waals surface area contributed by atoms with Crippen molar-refractivity contribution in [3.8, 4) is 5.75 Å². The molecule has 0 aliphatic carbocycles. The first-order chi connectivity index (χ1) is 11.0. The van der Waals surface area contributed by atoms with E-state index in [9.17, 15) is 14.0 Å². The summed E-state index contributed by atoms with van der Waals surface area (Å²) in [6.07, 6.45) is 2.32. The van der Waals surface area contributed by atoms with Crippen molar-refractivity contribution in [2.24, 2.45) is 5.92 Å². The van der Waals surface area contributed by atoms with E-state index in [0.717, 1.165) is 18.9 Å². The highest BCUT2D eigenvalue weighted by atomic mass is 35.5. The maximum Gasteiger partial charge on any atom is 0.311 e. The Hall–Kier alpha value is -1.62. The van der Waals surface area contributed by atoms with Crippen molar-refractivity contribution in [3.63, 3.8) is 0 Å². The average molecular weight is 345 g/mol. The predicted molar refractivity (Wildman–Crippen MR) is 85.9 cm³/mol. The van der Waals surface area contributed by atoms with Crippen LogP contribution in [0.15, 0.2) is 18.2 Å². The molecule has 0 aliphatic rings. The SMILES string of the molecule is CCC(CC)COC(=O)CCCC(=O)Oc1c(F)cccc1Cl. The molecule has 0 aromatic heterocycles. The maximum absolute atomic E-state index is 13.5. The van der Waals surface area contributed by atoms with Gasteiger partial charge in [0.25, 0.3) is 0 Å². The van der Waals surface area contributed by atoms with Crippen LogP contribution in [0.25, 0.3) is 0 Å². The second kappa shape index (κ2) is 10.2. The molecule has 23 heavy (non-hydrogen) atoms. The summed E-state index contributed by atoms with van der Waals surface area (Å²) in [5.74, 6) is -1.59. The van der Waals surface area contributed by atoms with Crippen molar-refractivity contribution < 1.29 is 23.5 Å². The molecule has 0 unspecified atom stereocenters. The van der Waals surface area contributed by atoms with E-state index in [-0.39, 0.29) is 36.0 Å². The van der Waals surface area contributed by atoms with E-state index in [0.29, 0.717) is 12.5 Å². The molecular weight excluding hydrogens is 323 g/mol. The van der Waals surface area contributed by atoms with Crippen molar-refractivity contribution in [2.45, 2.75) is 46.0 Å². The third-order valence-electron chi connectivity index (χ3n) is 3.53. The fourth-order valence-corrected chi connectivity index (χ4v) is 2.13. The van der Waals surface area contributed by atoms with E-state index >= 15 is 0 Å². The number of ether oxygens (including phenoxy) is 2. The minimum atomic E-state index is -0.699. The molecule has 0 amide bonds. The van der Waals surface area contributed by atoms with E-state index in [1.54, 1.807) is 0 Å². The quantitative estimate of drug-likeness (QED) is 0.487. The van der Waals surface area contributed by atoms with Gasteiger partial charge in [-0.25, -0.2) is 4.39 Å². The van der Waals surface area contributed by atoms with Crippen molar-refractivity contribution >= 4 is 23.5 Å². The molecule has 4 nitrogen and oxygen atoms in total. The Balaban J connectivity index is 2.30. The number of benzene rings is 1. The number of halogens is 2. The van der Waals surface area contributed by atoms with Gasteiger partial charge in [0.1, 0.15) is 0 Å². The van der Waals surface area contributed by atoms with E-state index in [2.05, 4.69) is 0 Å². The van der Waals surface area contributed by atoms with Crippen molar-refractivity contribution in [2.75, 3.05) is 6.61 Å². The minimum Gasteiger partial charge on any atom is -0.465 e. The molecule has 0 fully saturated rings. The molecule has 0 aliphatic heterocycles. The zero-order valence-corrected chi connectivity index (χ0v) is 14.2.